The number of hydrogen-bond acceptors (Lipinski definition) is 4. The Kier molecular flexibility index (Phi) is 19.8. The van der Waals surface area contributed by atoms with Crippen LogP contribution in [0.4, 0.5) is 0 Å². The highest BCUT2D eigenvalue weighted by atomic mass is 31.2. The standard InChI is InChI=1S/C48H90NO5P/c1-39(2)24-23-25-40(3)44-28-29-45-43-27-26-41-38-42(30-32-47(41,4)46(43)31-33-48(44,45)5)52-35-21-19-17-15-13-11-9-10-12-14-16-18-20-22-36-53-55(50,51)54-37-34-49(6,7)8/h26,39-40,42-46H,9-25,27-38H2,1-8H3/p+1/t40-,42+,43+,44-,45+,46+,47+,48-/m1/s1. The monoisotopic (exact) mass is 793 g/mol. The molecule has 0 aromatic heterocycles. The van der Waals surface area contributed by atoms with E-state index in [1.54, 1.807) is 5.57 Å². The highest BCUT2D eigenvalue weighted by Gasteiger charge is 2.59. The van der Waals surface area contributed by atoms with Crippen LogP contribution in [-0.2, 0) is 18.3 Å². The Labute approximate surface area is 341 Å². The smallest absolute Gasteiger partial charge is 0.378 e. The molecule has 0 aromatic carbocycles. The van der Waals surface area contributed by atoms with E-state index in [9.17, 15) is 9.46 Å². The van der Waals surface area contributed by atoms with Crippen molar-refractivity contribution in [2.24, 2.45) is 46.3 Å². The van der Waals surface area contributed by atoms with E-state index in [1.807, 2.05) is 21.1 Å². The molecular weight excluding hydrogens is 702 g/mol. The zero-order chi connectivity index (χ0) is 40.0. The van der Waals surface area contributed by atoms with E-state index in [0.717, 1.165) is 55.0 Å². The summed E-state index contributed by atoms with van der Waals surface area (Å²) in [5.74, 6) is 5.48. The van der Waals surface area contributed by atoms with Crippen molar-refractivity contribution in [2.45, 2.75) is 201 Å². The fourth-order valence-electron chi connectivity index (χ4n) is 12.0. The maximum absolute atomic E-state index is 12.0. The van der Waals surface area contributed by atoms with Crippen LogP contribution in [0.2, 0.25) is 0 Å². The van der Waals surface area contributed by atoms with Gasteiger partial charge in [-0.3, -0.25) is 9.05 Å². The first kappa shape index (κ1) is 47.4. The van der Waals surface area contributed by atoms with Crippen molar-refractivity contribution in [1.82, 2.24) is 0 Å². The van der Waals surface area contributed by atoms with Gasteiger partial charge >= 0.3 is 7.82 Å². The van der Waals surface area contributed by atoms with Crippen LogP contribution in [0.25, 0.3) is 0 Å². The van der Waals surface area contributed by atoms with Gasteiger partial charge < -0.3 is 14.1 Å². The van der Waals surface area contributed by atoms with Gasteiger partial charge in [0.1, 0.15) is 13.2 Å². The van der Waals surface area contributed by atoms with Crippen LogP contribution in [0.5, 0.6) is 0 Å². The van der Waals surface area contributed by atoms with E-state index >= 15 is 0 Å². The highest BCUT2D eigenvalue weighted by Crippen LogP contribution is 2.67. The average molecular weight is 793 g/mol. The molecule has 4 aliphatic carbocycles. The topological polar surface area (TPSA) is 65.0 Å². The predicted molar refractivity (Wildman–Crippen MR) is 232 cm³/mol. The third-order valence-electron chi connectivity index (χ3n) is 15.4. The molecule has 7 heteroatoms. The van der Waals surface area contributed by atoms with Gasteiger partial charge in [-0.1, -0.05) is 143 Å². The summed E-state index contributed by atoms with van der Waals surface area (Å²) in [5, 5.41) is 0. The SMILES string of the molecule is CC(C)CCC[C@@H](C)[C@H]1CC[C@H]2[C@@H]3CC=C4C[C@@H](OCCCCCCCCCCCCCCCCOP(=O)(O)OCC[N+](C)(C)C)CC[C@]4(C)[C@H]3CC[C@]12C. The average Bonchev–Trinajstić information content (AvgIpc) is 3.47. The van der Waals surface area contributed by atoms with Crippen LogP contribution < -0.4 is 0 Å². The van der Waals surface area contributed by atoms with Gasteiger partial charge in [-0.15, -0.1) is 0 Å². The number of hydrogen-bond donors (Lipinski definition) is 1. The molecule has 0 saturated heterocycles. The third-order valence-corrected chi connectivity index (χ3v) is 16.4. The van der Waals surface area contributed by atoms with Crippen molar-refractivity contribution in [3.05, 3.63) is 11.6 Å². The lowest BCUT2D eigenvalue weighted by Crippen LogP contribution is -2.51. The van der Waals surface area contributed by atoms with Gasteiger partial charge in [-0.2, -0.15) is 0 Å². The van der Waals surface area contributed by atoms with Gasteiger partial charge in [0, 0.05) is 6.61 Å². The van der Waals surface area contributed by atoms with E-state index in [-0.39, 0.29) is 6.61 Å². The van der Waals surface area contributed by atoms with E-state index in [1.165, 1.54) is 148 Å². The molecule has 0 aliphatic heterocycles. The quantitative estimate of drug-likeness (QED) is 0.0370. The van der Waals surface area contributed by atoms with Crippen LogP contribution in [0.15, 0.2) is 11.6 Å². The van der Waals surface area contributed by atoms with Crippen molar-refractivity contribution < 1.29 is 27.7 Å². The second-order valence-electron chi connectivity index (χ2n) is 21.1. The molecule has 3 saturated carbocycles. The first-order chi connectivity index (χ1) is 26.1. The van der Waals surface area contributed by atoms with Gasteiger partial charge in [0.05, 0.1) is 33.9 Å². The number of ether oxygens (including phenoxy) is 1. The van der Waals surface area contributed by atoms with E-state index in [2.05, 4.69) is 40.7 Å². The number of unbranched alkanes of at least 4 members (excludes halogenated alkanes) is 13. The Morgan fingerprint density at radius 2 is 1.31 bits per heavy atom. The third kappa shape index (κ3) is 15.1. The number of phosphoric ester groups is 1. The molecular formula is C48H91NO5P+. The summed E-state index contributed by atoms with van der Waals surface area (Å²) in [6, 6.07) is 0. The maximum atomic E-state index is 12.0. The van der Waals surface area contributed by atoms with E-state index in [4.69, 9.17) is 13.8 Å². The highest BCUT2D eigenvalue weighted by molar-refractivity contribution is 7.47. The summed E-state index contributed by atoms with van der Waals surface area (Å²) >= 11 is 0. The molecule has 0 spiro atoms. The van der Waals surface area contributed by atoms with Gasteiger partial charge in [-0.05, 0) is 111 Å². The van der Waals surface area contributed by atoms with Gasteiger partial charge in [0.2, 0.25) is 0 Å². The second kappa shape index (κ2) is 23.0. The fraction of sp³-hybridized carbons (Fsp3) is 0.958. The van der Waals surface area contributed by atoms with Crippen molar-refractivity contribution in [3.63, 3.8) is 0 Å². The van der Waals surface area contributed by atoms with Crippen molar-refractivity contribution >= 4 is 7.82 Å². The largest absolute Gasteiger partial charge is 0.472 e. The summed E-state index contributed by atoms with van der Waals surface area (Å²) in [6.45, 7) is 14.9. The van der Waals surface area contributed by atoms with Crippen LogP contribution in [0.1, 0.15) is 195 Å². The molecule has 0 heterocycles. The van der Waals surface area contributed by atoms with Crippen molar-refractivity contribution in [3.8, 4) is 0 Å². The molecule has 0 radical (unpaired) electrons. The number of nitrogens with zero attached hydrogens (tertiary/aromatic N) is 1. The minimum atomic E-state index is -3.91. The molecule has 3 fully saturated rings. The lowest BCUT2D eigenvalue weighted by atomic mass is 9.47. The molecule has 0 amide bonds. The molecule has 0 bridgehead atoms. The van der Waals surface area contributed by atoms with Gasteiger partial charge in [0.15, 0.2) is 0 Å². The zero-order valence-corrected chi connectivity index (χ0v) is 38.5. The molecule has 1 N–H and O–H groups in total. The minimum absolute atomic E-state index is 0.227. The normalized spacial score (nSPS) is 31.1. The summed E-state index contributed by atoms with van der Waals surface area (Å²) in [4.78, 5) is 9.80. The number of likely N-dealkylation sites (N-methyl/N-ethyl adjacent to an activating group) is 1. The summed E-state index contributed by atoms with van der Waals surface area (Å²) in [7, 11) is 2.17. The fourth-order valence-corrected chi connectivity index (χ4v) is 12.8. The van der Waals surface area contributed by atoms with E-state index in [0.29, 0.717) is 34.6 Å². The molecule has 55 heavy (non-hydrogen) atoms. The summed E-state index contributed by atoms with van der Waals surface area (Å²) < 4.78 is 29.4. The number of quaternary nitrogens is 1. The van der Waals surface area contributed by atoms with Crippen molar-refractivity contribution in [2.75, 3.05) is 47.5 Å². The Morgan fingerprint density at radius 1 is 0.727 bits per heavy atom. The zero-order valence-electron chi connectivity index (χ0n) is 37.6. The number of fused-ring (bicyclic) bond motifs is 5. The molecule has 322 valence electrons. The molecule has 9 atom stereocenters. The lowest BCUT2D eigenvalue weighted by Gasteiger charge is -2.58. The second-order valence-corrected chi connectivity index (χ2v) is 22.6. The van der Waals surface area contributed by atoms with Crippen LogP contribution in [0, 0.1) is 46.3 Å². The molecule has 4 rings (SSSR count). The van der Waals surface area contributed by atoms with Crippen LogP contribution in [-0.4, -0.2) is 63.0 Å². The molecule has 6 nitrogen and oxygen atoms in total. The summed E-state index contributed by atoms with van der Waals surface area (Å²) in [5.41, 5.74) is 2.79. The van der Waals surface area contributed by atoms with Gasteiger partial charge in [-0.25, -0.2) is 4.57 Å². The molecule has 1 unspecified atom stereocenters. The Bertz CT molecular complexity index is 1170. The maximum Gasteiger partial charge on any atom is 0.472 e. The van der Waals surface area contributed by atoms with Gasteiger partial charge in [0.25, 0.3) is 0 Å². The number of allylic oxidation sites excluding steroid dienone is 1. The Hall–Kier alpha value is -0.230. The Balaban J connectivity index is 0.974. The first-order valence-electron chi connectivity index (χ1n) is 23.9. The van der Waals surface area contributed by atoms with Crippen molar-refractivity contribution in [1.29, 1.82) is 0 Å². The predicted octanol–water partition coefficient (Wildman–Crippen LogP) is 13.7. The summed E-state index contributed by atoms with van der Waals surface area (Å²) in [6.07, 6.45) is 36.2. The Morgan fingerprint density at radius 3 is 1.91 bits per heavy atom. The minimum Gasteiger partial charge on any atom is -0.378 e. The molecule has 4 aliphatic rings. The lowest BCUT2D eigenvalue weighted by molar-refractivity contribution is -0.870. The molecule has 0 aromatic rings. The number of phosphoric acid groups is 1. The van der Waals surface area contributed by atoms with Crippen LogP contribution >= 0.6 is 7.82 Å². The van der Waals surface area contributed by atoms with E-state index < -0.39 is 7.82 Å². The first-order valence-corrected chi connectivity index (χ1v) is 25.4. The van der Waals surface area contributed by atoms with Crippen LogP contribution in [0.3, 0.4) is 0 Å². The number of rotatable bonds is 28.